The molecule has 0 aromatic rings. The first-order chi connectivity index (χ1) is 7.17. The van der Waals surface area contributed by atoms with Crippen molar-refractivity contribution in [2.45, 2.75) is 62.8 Å². The minimum atomic E-state index is -0.113. The maximum Gasteiger partial charge on any atom is 0.0693 e. The molecule has 1 rings (SSSR count). The van der Waals surface area contributed by atoms with E-state index in [9.17, 15) is 5.11 Å². The second kappa shape index (κ2) is 6.12. The topological polar surface area (TPSA) is 32.3 Å². The summed E-state index contributed by atoms with van der Waals surface area (Å²) in [7, 11) is 0. The van der Waals surface area contributed by atoms with E-state index in [1.165, 1.54) is 19.3 Å². The number of aliphatic hydroxyl groups is 1. The van der Waals surface area contributed by atoms with Gasteiger partial charge in [0, 0.05) is 17.3 Å². The Labute approximate surface area is 98.2 Å². The van der Waals surface area contributed by atoms with Gasteiger partial charge in [0.2, 0.25) is 0 Å². The van der Waals surface area contributed by atoms with Crippen molar-refractivity contribution in [3.05, 3.63) is 0 Å². The molecule has 0 bridgehead atoms. The van der Waals surface area contributed by atoms with Crippen LogP contribution < -0.4 is 5.32 Å². The summed E-state index contributed by atoms with van der Waals surface area (Å²) in [5.74, 6) is 0. The minimum absolute atomic E-state index is 0.113. The maximum atomic E-state index is 9.73. The quantitative estimate of drug-likeness (QED) is 0.736. The molecular formula is C12H25NOS. The second-order valence-corrected chi connectivity index (χ2v) is 5.85. The fourth-order valence-electron chi connectivity index (χ4n) is 2.36. The number of nitrogens with one attached hydrogen (secondary N) is 1. The summed E-state index contributed by atoms with van der Waals surface area (Å²) in [5, 5.41) is 13.3. The smallest absolute Gasteiger partial charge is 0.0693 e. The molecule has 2 unspecified atom stereocenters. The molecule has 1 saturated carbocycles. The third kappa shape index (κ3) is 3.36. The SMILES string of the molecule is CCC(CC)(CNC1CCCC1O)SC. The molecule has 0 saturated heterocycles. The molecule has 1 aliphatic rings. The van der Waals surface area contributed by atoms with Crippen LogP contribution in [-0.2, 0) is 0 Å². The lowest BCUT2D eigenvalue weighted by Gasteiger charge is -2.32. The molecule has 3 heteroatoms. The van der Waals surface area contributed by atoms with E-state index >= 15 is 0 Å². The van der Waals surface area contributed by atoms with Crippen molar-refractivity contribution in [1.29, 1.82) is 0 Å². The Morgan fingerprint density at radius 2 is 2.00 bits per heavy atom. The normalized spacial score (nSPS) is 27.2. The molecule has 2 nitrogen and oxygen atoms in total. The lowest BCUT2D eigenvalue weighted by molar-refractivity contribution is 0.147. The fraction of sp³-hybridized carbons (Fsp3) is 1.00. The lowest BCUT2D eigenvalue weighted by atomic mass is 10.0. The van der Waals surface area contributed by atoms with Gasteiger partial charge < -0.3 is 10.4 Å². The third-order valence-corrected chi connectivity index (χ3v) is 5.48. The maximum absolute atomic E-state index is 9.73. The van der Waals surface area contributed by atoms with Crippen LogP contribution in [0.4, 0.5) is 0 Å². The average molecular weight is 231 g/mol. The number of rotatable bonds is 6. The zero-order valence-electron chi connectivity index (χ0n) is 10.3. The highest BCUT2D eigenvalue weighted by Gasteiger charge is 2.29. The Hall–Kier alpha value is 0.270. The zero-order chi connectivity index (χ0) is 11.3. The van der Waals surface area contributed by atoms with Gasteiger partial charge in [0.15, 0.2) is 0 Å². The summed E-state index contributed by atoms with van der Waals surface area (Å²) in [5.41, 5.74) is 0. The van der Waals surface area contributed by atoms with Crippen LogP contribution in [0.25, 0.3) is 0 Å². The van der Waals surface area contributed by atoms with Gasteiger partial charge in [-0.15, -0.1) is 0 Å². The van der Waals surface area contributed by atoms with Crippen molar-refractivity contribution in [3.63, 3.8) is 0 Å². The number of hydrogen-bond donors (Lipinski definition) is 2. The van der Waals surface area contributed by atoms with Crippen LogP contribution in [0, 0.1) is 0 Å². The molecule has 0 aromatic heterocycles. The van der Waals surface area contributed by atoms with Crippen molar-refractivity contribution in [2.24, 2.45) is 0 Å². The first-order valence-corrected chi connectivity index (χ1v) is 7.36. The fourth-order valence-corrected chi connectivity index (χ4v) is 3.16. The summed E-state index contributed by atoms with van der Waals surface area (Å²) in [4.78, 5) is 0. The molecule has 2 N–H and O–H groups in total. The Balaban J connectivity index is 2.39. The highest BCUT2D eigenvalue weighted by atomic mass is 32.2. The van der Waals surface area contributed by atoms with Gasteiger partial charge in [-0.1, -0.05) is 13.8 Å². The molecule has 0 heterocycles. The minimum Gasteiger partial charge on any atom is -0.392 e. The largest absolute Gasteiger partial charge is 0.392 e. The van der Waals surface area contributed by atoms with E-state index in [4.69, 9.17) is 0 Å². The van der Waals surface area contributed by atoms with Crippen LogP contribution in [0.1, 0.15) is 46.0 Å². The first-order valence-electron chi connectivity index (χ1n) is 6.14. The molecule has 1 fully saturated rings. The van der Waals surface area contributed by atoms with Crippen LogP contribution in [0.5, 0.6) is 0 Å². The van der Waals surface area contributed by atoms with E-state index < -0.39 is 0 Å². The van der Waals surface area contributed by atoms with Gasteiger partial charge >= 0.3 is 0 Å². The summed E-state index contributed by atoms with van der Waals surface area (Å²) >= 11 is 1.96. The van der Waals surface area contributed by atoms with E-state index in [1.54, 1.807) is 0 Å². The summed E-state index contributed by atoms with van der Waals surface area (Å²) in [6.45, 7) is 5.54. The van der Waals surface area contributed by atoms with Gasteiger partial charge in [-0.3, -0.25) is 0 Å². The van der Waals surface area contributed by atoms with E-state index in [1.807, 2.05) is 11.8 Å². The number of aliphatic hydroxyl groups excluding tert-OH is 1. The van der Waals surface area contributed by atoms with E-state index in [-0.39, 0.29) is 6.10 Å². The van der Waals surface area contributed by atoms with Gasteiger partial charge in [-0.2, -0.15) is 11.8 Å². The average Bonchev–Trinajstić information content (AvgIpc) is 2.67. The van der Waals surface area contributed by atoms with Gasteiger partial charge in [0.05, 0.1) is 6.10 Å². The molecule has 0 amide bonds. The molecule has 0 spiro atoms. The highest BCUT2D eigenvalue weighted by molar-refractivity contribution is 8.00. The molecule has 0 aliphatic heterocycles. The van der Waals surface area contributed by atoms with Gasteiger partial charge in [0.25, 0.3) is 0 Å². The Bertz CT molecular complexity index is 174. The van der Waals surface area contributed by atoms with Crippen molar-refractivity contribution in [2.75, 3.05) is 12.8 Å². The Kier molecular flexibility index (Phi) is 5.44. The van der Waals surface area contributed by atoms with E-state index in [2.05, 4.69) is 25.4 Å². The molecule has 1 aliphatic carbocycles. The van der Waals surface area contributed by atoms with E-state index in [0.29, 0.717) is 10.8 Å². The Morgan fingerprint density at radius 1 is 1.33 bits per heavy atom. The first kappa shape index (κ1) is 13.3. The number of thioether (sulfide) groups is 1. The molecular weight excluding hydrogens is 206 g/mol. The highest BCUT2D eigenvalue weighted by Crippen LogP contribution is 2.30. The summed E-state index contributed by atoms with van der Waals surface area (Å²) in [6.07, 6.45) is 7.75. The van der Waals surface area contributed by atoms with Crippen LogP contribution in [0.3, 0.4) is 0 Å². The molecule has 0 aromatic carbocycles. The Morgan fingerprint density at radius 3 is 2.40 bits per heavy atom. The lowest BCUT2D eigenvalue weighted by Crippen LogP contribution is -2.44. The van der Waals surface area contributed by atoms with Gasteiger partial charge in [-0.05, 0) is 38.4 Å². The predicted molar refractivity (Wildman–Crippen MR) is 68.5 cm³/mol. The van der Waals surface area contributed by atoms with Crippen LogP contribution in [0.15, 0.2) is 0 Å². The van der Waals surface area contributed by atoms with Gasteiger partial charge in [-0.25, -0.2) is 0 Å². The zero-order valence-corrected chi connectivity index (χ0v) is 11.1. The van der Waals surface area contributed by atoms with Crippen molar-refractivity contribution in [1.82, 2.24) is 5.32 Å². The molecule has 2 atom stereocenters. The third-order valence-electron chi connectivity index (χ3n) is 3.89. The predicted octanol–water partition coefficient (Wildman–Crippen LogP) is 2.41. The number of hydrogen-bond acceptors (Lipinski definition) is 3. The molecule has 90 valence electrons. The standard InChI is InChI=1S/C12H25NOS/c1-4-12(5-2,15-3)9-13-10-7-6-8-11(10)14/h10-11,13-14H,4-9H2,1-3H3. The summed E-state index contributed by atoms with van der Waals surface area (Å²) < 4.78 is 0.363. The van der Waals surface area contributed by atoms with Crippen LogP contribution in [-0.4, -0.2) is 34.8 Å². The van der Waals surface area contributed by atoms with Crippen molar-refractivity contribution < 1.29 is 5.11 Å². The van der Waals surface area contributed by atoms with Crippen molar-refractivity contribution in [3.8, 4) is 0 Å². The summed E-state index contributed by atoms with van der Waals surface area (Å²) in [6, 6.07) is 0.342. The van der Waals surface area contributed by atoms with Crippen molar-refractivity contribution >= 4 is 11.8 Å². The second-order valence-electron chi connectivity index (χ2n) is 4.58. The molecule has 0 radical (unpaired) electrons. The monoisotopic (exact) mass is 231 g/mol. The van der Waals surface area contributed by atoms with Crippen LogP contribution >= 0.6 is 11.8 Å². The van der Waals surface area contributed by atoms with Gasteiger partial charge in [0.1, 0.15) is 0 Å². The van der Waals surface area contributed by atoms with E-state index in [0.717, 1.165) is 19.4 Å². The van der Waals surface area contributed by atoms with Crippen LogP contribution in [0.2, 0.25) is 0 Å². The molecule has 15 heavy (non-hydrogen) atoms.